The zero-order valence-electron chi connectivity index (χ0n) is 8.86. The Morgan fingerprint density at radius 1 is 1.33 bits per heavy atom. The monoisotopic (exact) mass is 409 g/mol. The second-order valence-corrected chi connectivity index (χ2v) is 7.51. The third-order valence-electron chi connectivity index (χ3n) is 2.01. The number of ketones is 1. The summed E-state index contributed by atoms with van der Waals surface area (Å²) in [6.07, 6.45) is 0. The number of nitrogens with zero attached hydrogens (tertiary/aromatic N) is 1. The highest BCUT2D eigenvalue weighted by molar-refractivity contribution is 9.13. The van der Waals surface area contributed by atoms with E-state index in [1.807, 2.05) is 6.07 Å². The Morgan fingerprint density at radius 3 is 2.39 bits per heavy atom. The average Bonchev–Trinajstić information content (AvgIpc) is 2.83. The summed E-state index contributed by atoms with van der Waals surface area (Å²) in [4.78, 5) is 27.4. The highest BCUT2D eigenvalue weighted by atomic mass is 79.9. The normalized spacial score (nSPS) is 10.6. The number of thiazole rings is 1. The Kier molecular flexibility index (Phi) is 4.00. The number of carboxylic acids is 1. The van der Waals surface area contributed by atoms with Crippen molar-refractivity contribution in [3.63, 3.8) is 0 Å². The quantitative estimate of drug-likeness (QED) is 0.766. The van der Waals surface area contributed by atoms with Crippen molar-refractivity contribution in [2.75, 3.05) is 0 Å². The van der Waals surface area contributed by atoms with Crippen LogP contribution in [-0.4, -0.2) is 21.8 Å². The molecule has 0 amide bonds. The molecule has 0 bridgehead atoms. The van der Waals surface area contributed by atoms with E-state index < -0.39 is 5.97 Å². The summed E-state index contributed by atoms with van der Waals surface area (Å²) in [5.74, 6) is -1.47. The summed E-state index contributed by atoms with van der Waals surface area (Å²) in [5, 5.41) is 9.55. The third-order valence-corrected chi connectivity index (χ3v) is 6.59. The summed E-state index contributed by atoms with van der Waals surface area (Å²) in [6, 6.07) is 1.84. The van der Waals surface area contributed by atoms with Crippen LogP contribution in [0.3, 0.4) is 0 Å². The maximum absolute atomic E-state index is 11.4. The summed E-state index contributed by atoms with van der Waals surface area (Å²) in [5.41, 5.74) is -0.178. The van der Waals surface area contributed by atoms with Crippen LogP contribution in [0.5, 0.6) is 0 Å². The number of carbonyl (C=O) groups excluding carboxylic acids is 1. The summed E-state index contributed by atoms with van der Waals surface area (Å²) in [7, 11) is 0. The molecule has 2 aromatic rings. The molecule has 0 spiro atoms. The molecule has 0 atom stereocenters. The molecule has 2 rings (SSSR count). The van der Waals surface area contributed by atoms with Crippen LogP contribution in [0.1, 0.15) is 27.1 Å². The number of thiophene rings is 1. The SMILES string of the molecule is CC(=O)c1sc(-c2cc(Br)c(Br)s2)nc1C(=O)O. The molecule has 0 aliphatic rings. The molecule has 94 valence electrons. The highest BCUT2D eigenvalue weighted by Gasteiger charge is 2.22. The largest absolute Gasteiger partial charge is 0.476 e. The number of aromatic nitrogens is 1. The zero-order valence-corrected chi connectivity index (χ0v) is 13.7. The molecule has 18 heavy (non-hydrogen) atoms. The second-order valence-electron chi connectivity index (χ2n) is 3.29. The predicted molar refractivity (Wildman–Crippen MR) is 77.8 cm³/mol. The molecule has 4 nitrogen and oxygen atoms in total. The van der Waals surface area contributed by atoms with E-state index in [-0.39, 0.29) is 16.4 Å². The maximum atomic E-state index is 11.4. The average molecular weight is 411 g/mol. The molecule has 0 saturated carbocycles. The van der Waals surface area contributed by atoms with E-state index in [9.17, 15) is 9.59 Å². The Balaban J connectivity index is 2.56. The van der Waals surface area contributed by atoms with Gasteiger partial charge < -0.3 is 5.11 Å². The standard InChI is InChI=1S/C10H5Br2NO3S2/c1-3(14)7-6(10(15)16)13-9(18-7)5-2-4(11)8(12)17-5/h2H,1H3,(H,15,16). The van der Waals surface area contributed by atoms with Gasteiger partial charge in [-0.2, -0.15) is 0 Å². The number of rotatable bonds is 3. The molecule has 0 fully saturated rings. The van der Waals surface area contributed by atoms with Gasteiger partial charge >= 0.3 is 5.97 Å². The first-order chi connectivity index (χ1) is 8.40. The van der Waals surface area contributed by atoms with E-state index in [1.165, 1.54) is 18.3 Å². The molecule has 0 radical (unpaired) electrons. The number of Topliss-reactive ketones (excluding diaryl/α,β-unsaturated/α-hetero) is 1. The predicted octanol–water partition coefficient (Wildman–Crippen LogP) is 4.30. The molecule has 0 saturated heterocycles. The van der Waals surface area contributed by atoms with Crippen molar-refractivity contribution in [2.24, 2.45) is 0 Å². The third kappa shape index (κ3) is 2.56. The van der Waals surface area contributed by atoms with E-state index in [4.69, 9.17) is 5.11 Å². The molecule has 0 aromatic carbocycles. The van der Waals surface area contributed by atoms with E-state index in [2.05, 4.69) is 36.8 Å². The van der Waals surface area contributed by atoms with Crippen LogP contribution < -0.4 is 0 Å². The van der Waals surface area contributed by atoms with Gasteiger partial charge in [0.2, 0.25) is 0 Å². The van der Waals surface area contributed by atoms with Crippen LogP contribution in [0.25, 0.3) is 9.88 Å². The fourth-order valence-electron chi connectivity index (χ4n) is 1.26. The maximum Gasteiger partial charge on any atom is 0.356 e. The van der Waals surface area contributed by atoms with Crippen molar-refractivity contribution in [1.82, 2.24) is 4.98 Å². The molecule has 2 heterocycles. The van der Waals surface area contributed by atoms with Crippen molar-refractivity contribution >= 4 is 66.3 Å². The number of hydrogen-bond donors (Lipinski definition) is 1. The Labute approximate surface area is 127 Å². The van der Waals surface area contributed by atoms with Crippen LogP contribution >= 0.6 is 54.5 Å². The van der Waals surface area contributed by atoms with Gasteiger partial charge in [-0.05, 0) is 37.9 Å². The van der Waals surface area contributed by atoms with E-state index in [0.29, 0.717) is 5.01 Å². The fourth-order valence-corrected chi connectivity index (χ4v) is 4.29. The number of carbonyl (C=O) groups is 2. The smallest absolute Gasteiger partial charge is 0.356 e. The lowest BCUT2D eigenvalue weighted by molar-refractivity contribution is 0.0687. The van der Waals surface area contributed by atoms with Gasteiger partial charge in [-0.3, -0.25) is 4.79 Å². The first-order valence-corrected chi connectivity index (χ1v) is 7.82. The van der Waals surface area contributed by atoms with E-state index in [1.54, 1.807) is 0 Å². The van der Waals surface area contributed by atoms with Gasteiger partial charge in [-0.1, -0.05) is 0 Å². The Hall–Kier alpha value is -0.570. The number of halogens is 2. The molecular formula is C10H5Br2NO3S2. The molecule has 0 aliphatic heterocycles. The Morgan fingerprint density at radius 2 is 2.00 bits per heavy atom. The van der Waals surface area contributed by atoms with Crippen LogP contribution in [0, 0.1) is 0 Å². The summed E-state index contributed by atoms with van der Waals surface area (Å²) < 4.78 is 1.77. The lowest BCUT2D eigenvalue weighted by Gasteiger charge is -1.89. The number of carboxylic acid groups (broad SMARTS) is 1. The summed E-state index contributed by atoms with van der Waals surface area (Å²) in [6.45, 7) is 1.34. The molecule has 8 heteroatoms. The minimum Gasteiger partial charge on any atom is -0.476 e. The van der Waals surface area contributed by atoms with Gasteiger partial charge in [0.15, 0.2) is 11.5 Å². The van der Waals surface area contributed by atoms with Crippen LogP contribution in [0.15, 0.2) is 14.3 Å². The zero-order chi connectivity index (χ0) is 13.4. The lowest BCUT2D eigenvalue weighted by Crippen LogP contribution is -2.03. The van der Waals surface area contributed by atoms with Gasteiger partial charge in [0, 0.05) is 11.4 Å². The van der Waals surface area contributed by atoms with Gasteiger partial charge in [0.05, 0.1) is 8.66 Å². The molecule has 2 aromatic heterocycles. The van der Waals surface area contributed by atoms with Crippen LogP contribution in [0.4, 0.5) is 0 Å². The molecule has 0 aliphatic carbocycles. The minimum atomic E-state index is -1.18. The topological polar surface area (TPSA) is 67.3 Å². The van der Waals surface area contributed by atoms with E-state index >= 15 is 0 Å². The molecule has 1 N–H and O–H groups in total. The van der Waals surface area contributed by atoms with Crippen molar-refractivity contribution in [3.8, 4) is 9.88 Å². The number of aromatic carboxylic acids is 1. The van der Waals surface area contributed by atoms with Crippen molar-refractivity contribution in [3.05, 3.63) is 24.9 Å². The molecule has 0 unspecified atom stereocenters. The van der Waals surface area contributed by atoms with Gasteiger partial charge in [0.1, 0.15) is 9.88 Å². The van der Waals surface area contributed by atoms with E-state index in [0.717, 1.165) is 24.5 Å². The first-order valence-electron chi connectivity index (χ1n) is 4.60. The van der Waals surface area contributed by atoms with Crippen molar-refractivity contribution in [2.45, 2.75) is 6.92 Å². The van der Waals surface area contributed by atoms with Crippen LogP contribution in [-0.2, 0) is 0 Å². The summed E-state index contributed by atoms with van der Waals surface area (Å²) >= 11 is 9.24. The Bertz CT molecular complexity index is 597. The van der Waals surface area contributed by atoms with Gasteiger partial charge in [-0.25, -0.2) is 9.78 Å². The van der Waals surface area contributed by atoms with Gasteiger partial charge in [0.25, 0.3) is 0 Å². The van der Waals surface area contributed by atoms with Crippen LogP contribution in [0.2, 0.25) is 0 Å². The fraction of sp³-hybridized carbons (Fsp3) is 0.100. The highest BCUT2D eigenvalue weighted by Crippen LogP contribution is 2.40. The number of hydrogen-bond acceptors (Lipinski definition) is 5. The minimum absolute atomic E-state index is 0.178. The molecular weight excluding hydrogens is 406 g/mol. The van der Waals surface area contributed by atoms with Crippen molar-refractivity contribution < 1.29 is 14.7 Å². The first kappa shape index (κ1) is 13.9. The lowest BCUT2D eigenvalue weighted by atomic mass is 10.3. The van der Waals surface area contributed by atoms with Gasteiger partial charge in [-0.15, -0.1) is 22.7 Å². The second kappa shape index (κ2) is 5.20. The van der Waals surface area contributed by atoms with Crippen molar-refractivity contribution in [1.29, 1.82) is 0 Å².